The quantitative estimate of drug-likeness (QED) is 0.903. The van der Waals surface area contributed by atoms with E-state index in [0.29, 0.717) is 12.6 Å². The molecule has 1 atom stereocenters. The number of imidazole rings is 1. The van der Waals surface area contributed by atoms with Crippen molar-refractivity contribution in [2.75, 3.05) is 13.1 Å². The summed E-state index contributed by atoms with van der Waals surface area (Å²) in [6.45, 7) is 6.83. The van der Waals surface area contributed by atoms with Crippen molar-refractivity contribution in [3.63, 3.8) is 0 Å². The highest BCUT2D eigenvalue weighted by molar-refractivity contribution is 7.15. The lowest BCUT2D eigenvalue weighted by Crippen LogP contribution is -2.43. The molecule has 3 heterocycles. The van der Waals surface area contributed by atoms with Crippen LogP contribution < -0.4 is 10.6 Å². The number of carbonyl (C=O) groups excluding carboxylic acids is 1. The molecule has 0 spiro atoms. The van der Waals surface area contributed by atoms with Gasteiger partial charge in [-0.15, -0.1) is 11.3 Å². The number of amides is 2. The van der Waals surface area contributed by atoms with Crippen molar-refractivity contribution in [3.8, 4) is 0 Å². The fourth-order valence-electron chi connectivity index (χ4n) is 2.64. The van der Waals surface area contributed by atoms with Crippen molar-refractivity contribution in [3.05, 3.63) is 23.5 Å². The molecule has 1 fully saturated rings. The van der Waals surface area contributed by atoms with E-state index in [0.717, 1.165) is 30.2 Å². The highest BCUT2D eigenvalue weighted by atomic mass is 32.1. The average Bonchev–Trinajstić information content (AvgIpc) is 3.10. The molecular formula is C14H21N5OS. The maximum Gasteiger partial charge on any atom is 0.315 e. The number of hydrogen-bond donors (Lipinski definition) is 2. The predicted octanol–water partition coefficient (Wildman–Crippen LogP) is 1.68. The summed E-state index contributed by atoms with van der Waals surface area (Å²) in [5.41, 5.74) is 0.882. The Labute approximate surface area is 128 Å². The van der Waals surface area contributed by atoms with Gasteiger partial charge in [-0.3, -0.25) is 9.30 Å². The molecule has 2 aromatic heterocycles. The molecule has 1 aliphatic rings. The molecular weight excluding hydrogens is 286 g/mol. The highest BCUT2D eigenvalue weighted by Crippen LogP contribution is 2.12. The molecule has 1 aliphatic heterocycles. The summed E-state index contributed by atoms with van der Waals surface area (Å²) in [7, 11) is 0. The van der Waals surface area contributed by atoms with Crippen LogP contribution in [0.4, 0.5) is 4.79 Å². The van der Waals surface area contributed by atoms with Gasteiger partial charge in [0.15, 0.2) is 4.96 Å². The van der Waals surface area contributed by atoms with Crippen molar-refractivity contribution in [2.45, 2.75) is 38.9 Å². The molecule has 2 amide bonds. The number of hydrogen-bond acceptors (Lipinski definition) is 4. The molecule has 0 bridgehead atoms. The van der Waals surface area contributed by atoms with Crippen LogP contribution in [-0.2, 0) is 6.54 Å². The van der Waals surface area contributed by atoms with E-state index in [1.165, 1.54) is 0 Å². The van der Waals surface area contributed by atoms with Crippen LogP contribution in [0.2, 0.25) is 0 Å². The van der Waals surface area contributed by atoms with E-state index < -0.39 is 0 Å². The minimum absolute atomic E-state index is 0.109. The fourth-order valence-corrected chi connectivity index (χ4v) is 3.36. The predicted molar refractivity (Wildman–Crippen MR) is 83.6 cm³/mol. The van der Waals surface area contributed by atoms with E-state index in [-0.39, 0.29) is 12.1 Å². The number of nitrogens with zero attached hydrogens (tertiary/aromatic N) is 3. The van der Waals surface area contributed by atoms with Gasteiger partial charge in [0.25, 0.3) is 0 Å². The van der Waals surface area contributed by atoms with Crippen LogP contribution in [0, 0.1) is 0 Å². The molecule has 3 rings (SSSR count). The largest absolute Gasteiger partial charge is 0.334 e. The number of nitrogens with one attached hydrogen (secondary N) is 2. The number of carbonyl (C=O) groups is 1. The Bertz CT molecular complexity index is 591. The summed E-state index contributed by atoms with van der Waals surface area (Å²) in [5.74, 6) is 0. The van der Waals surface area contributed by atoms with E-state index in [2.05, 4.69) is 34.4 Å². The van der Waals surface area contributed by atoms with Gasteiger partial charge < -0.3 is 10.6 Å². The van der Waals surface area contributed by atoms with Crippen LogP contribution in [0.3, 0.4) is 0 Å². The standard InChI is InChI=1S/C14H21N5OS/c1-10(2)18-4-3-11(8-18)16-13(20)15-7-12-9-19-5-6-21-14(19)17-12/h5-6,9-11H,3-4,7-8H2,1-2H3,(H2,15,16,20). The van der Waals surface area contributed by atoms with Crippen molar-refractivity contribution in [1.29, 1.82) is 0 Å². The Balaban J connectivity index is 1.45. The molecule has 1 unspecified atom stereocenters. The second kappa shape index (κ2) is 6.03. The summed E-state index contributed by atoms with van der Waals surface area (Å²) in [4.78, 5) is 19.7. The Morgan fingerprint density at radius 3 is 3.14 bits per heavy atom. The maximum absolute atomic E-state index is 11.9. The van der Waals surface area contributed by atoms with Gasteiger partial charge in [-0.1, -0.05) is 0 Å². The molecule has 2 N–H and O–H groups in total. The molecule has 0 radical (unpaired) electrons. The molecule has 1 saturated heterocycles. The zero-order chi connectivity index (χ0) is 14.8. The topological polar surface area (TPSA) is 61.7 Å². The van der Waals surface area contributed by atoms with Gasteiger partial charge in [-0.05, 0) is 20.3 Å². The third-order valence-corrected chi connectivity index (χ3v) is 4.63. The zero-order valence-corrected chi connectivity index (χ0v) is 13.2. The molecule has 0 aromatic carbocycles. The van der Waals surface area contributed by atoms with Gasteiger partial charge in [-0.2, -0.15) is 0 Å². The van der Waals surface area contributed by atoms with Gasteiger partial charge >= 0.3 is 6.03 Å². The summed E-state index contributed by atoms with van der Waals surface area (Å²) in [6, 6.07) is 0.679. The lowest BCUT2D eigenvalue weighted by Gasteiger charge is -2.20. The van der Waals surface area contributed by atoms with E-state index in [1.54, 1.807) is 11.3 Å². The number of urea groups is 1. The van der Waals surface area contributed by atoms with E-state index in [1.807, 2.05) is 22.2 Å². The first-order chi connectivity index (χ1) is 10.1. The van der Waals surface area contributed by atoms with Gasteiger partial charge in [0, 0.05) is 42.9 Å². The minimum atomic E-state index is -0.109. The van der Waals surface area contributed by atoms with Crippen LogP contribution in [0.1, 0.15) is 26.0 Å². The van der Waals surface area contributed by atoms with Crippen molar-refractivity contribution in [2.24, 2.45) is 0 Å². The summed E-state index contributed by atoms with van der Waals surface area (Å²) in [5, 5.41) is 7.91. The van der Waals surface area contributed by atoms with E-state index in [4.69, 9.17) is 0 Å². The first-order valence-electron chi connectivity index (χ1n) is 7.31. The summed E-state index contributed by atoms with van der Waals surface area (Å²) < 4.78 is 1.97. The first kappa shape index (κ1) is 14.3. The molecule has 0 aliphatic carbocycles. The second-order valence-corrected chi connectivity index (χ2v) is 6.60. The SMILES string of the molecule is CC(C)N1CCC(NC(=O)NCc2cn3ccsc3n2)C1. The van der Waals surface area contributed by atoms with Gasteiger partial charge in [0.05, 0.1) is 12.2 Å². The summed E-state index contributed by atoms with van der Waals surface area (Å²) >= 11 is 1.59. The van der Waals surface area contributed by atoms with E-state index in [9.17, 15) is 4.79 Å². The lowest BCUT2D eigenvalue weighted by molar-refractivity contribution is 0.233. The Morgan fingerprint density at radius 2 is 2.43 bits per heavy atom. The Hall–Kier alpha value is -1.60. The van der Waals surface area contributed by atoms with Crippen LogP contribution in [0.15, 0.2) is 17.8 Å². The summed E-state index contributed by atoms with van der Waals surface area (Å²) in [6.07, 6.45) is 4.93. The van der Waals surface area contributed by atoms with Gasteiger partial charge in [0.2, 0.25) is 0 Å². The third-order valence-electron chi connectivity index (χ3n) is 3.86. The van der Waals surface area contributed by atoms with Crippen LogP contribution in [0.25, 0.3) is 4.96 Å². The van der Waals surface area contributed by atoms with Gasteiger partial charge in [-0.25, -0.2) is 9.78 Å². The van der Waals surface area contributed by atoms with Crippen LogP contribution in [-0.4, -0.2) is 45.5 Å². The van der Waals surface area contributed by atoms with E-state index >= 15 is 0 Å². The number of aromatic nitrogens is 2. The van der Waals surface area contributed by atoms with Crippen molar-refractivity contribution in [1.82, 2.24) is 24.9 Å². The third kappa shape index (κ3) is 3.36. The van der Waals surface area contributed by atoms with Crippen molar-refractivity contribution < 1.29 is 4.79 Å². The molecule has 6 nitrogen and oxygen atoms in total. The molecule has 0 saturated carbocycles. The Morgan fingerprint density at radius 1 is 1.57 bits per heavy atom. The second-order valence-electron chi connectivity index (χ2n) is 5.73. The number of rotatable bonds is 4. The highest BCUT2D eigenvalue weighted by Gasteiger charge is 2.25. The fraction of sp³-hybridized carbons (Fsp3) is 0.571. The normalized spacial score (nSPS) is 19.5. The molecule has 7 heteroatoms. The lowest BCUT2D eigenvalue weighted by atomic mass is 10.3. The smallest absolute Gasteiger partial charge is 0.315 e. The van der Waals surface area contributed by atoms with Crippen LogP contribution >= 0.6 is 11.3 Å². The monoisotopic (exact) mass is 307 g/mol. The zero-order valence-electron chi connectivity index (χ0n) is 12.4. The Kier molecular flexibility index (Phi) is 4.12. The first-order valence-corrected chi connectivity index (χ1v) is 8.19. The average molecular weight is 307 g/mol. The minimum Gasteiger partial charge on any atom is -0.334 e. The van der Waals surface area contributed by atoms with Crippen molar-refractivity contribution >= 4 is 22.3 Å². The maximum atomic E-state index is 11.9. The van der Waals surface area contributed by atoms with Gasteiger partial charge in [0.1, 0.15) is 0 Å². The number of likely N-dealkylation sites (tertiary alicyclic amines) is 1. The van der Waals surface area contributed by atoms with Crippen LogP contribution in [0.5, 0.6) is 0 Å². The number of thiazole rings is 1. The molecule has 2 aromatic rings. The molecule has 114 valence electrons. The number of fused-ring (bicyclic) bond motifs is 1. The molecule has 21 heavy (non-hydrogen) atoms.